The fraction of sp³-hybridized carbons (Fsp3) is 0.481. The van der Waals surface area contributed by atoms with Gasteiger partial charge in [0.25, 0.3) is 5.91 Å². The predicted octanol–water partition coefficient (Wildman–Crippen LogP) is 4.97. The number of rotatable bonds is 9. The summed E-state index contributed by atoms with van der Waals surface area (Å²) in [7, 11) is 0. The van der Waals surface area contributed by atoms with Gasteiger partial charge in [0.1, 0.15) is 11.8 Å². The summed E-state index contributed by atoms with van der Waals surface area (Å²) in [6, 6.07) is 15.5. The van der Waals surface area contributed by atoms with E-state index in [4.69, 9.17) is 4.74 Å². The summed E-state index contributed by atoms with van der Waals surface area (Å²) in [4.78, 5) is 27.9. The maximum absolute atomic E-state index is 13.3. The highest BCUT2D eigenvalue weighted by Crippen LogP contribution is 2.26. The van der Waals surface area contributed by atoms with Crippen molar-refractivity contribution < 1.29 is 14.3 Å². The number of carbonyl (C=O) groups excluding carboxylic acids is 2. The molecule has 5 nitrogen and oxygen atoms in total. The molecule has 2 aromatic rings. The zero-order chi connectivity index (χ0) is 23.1. The highest BCUT2D eigenvalue weighted by atomic mass is 16.5. The van der Waals surface area contributed by atoms with Crippen molar-refractivity contribution in [3.05, 3.63) is 65.2 Å². The quantitative estimate of drug-likeness (QED) is 0.604. The van der Waals surface area contributed by atoms with Gasteiger partial charge in [0, 0.05) is 12.6 Å². The van der Waals surface area contributed by atoms with E-state index in [9.17, 15) is 9.59 Å². The third kappa shape index (κ3) is 6.35. The first kappa shape index (κ1) is 23.8. The second-order valence-electron chi connectivity index (χ2n) is 9.15. The maximum atomic E-state index is 13.3. The molecule has 172 valence electrons. The molecule has 1 aliphatic rings. The molecule has 0 aliphatic heterocycles. The molecule has 0 saturated heterocycles. The minimum Gasteiger partial charge on any atom is -0.483 e. The third-order valence-corrected chi connectivity index (χ3v) is 6.23. The van der Waals surface area contributed by atoms with Gasteiger partial charge >= 0.3 is 0 Å². The molecule has 3 rings (SSSR count). The van der Waals surface area contributed by atoms with E-state index in [1.54, 1.807) is 11.8 Å². The summed E-state index contributed by atoms with van der Waals surface area (Å²) in [6.45, 7) is 8.30. The molecule has 0 radical (unpaired) electrons. The number of benzene rings is 2. The van der Waals surface area contributed by atoms with Crippen molar-refractivity contribution in [1.29, 1.82) is 0 Å². The fourth-order valence-corrected chi connectivity index (χ4v) is 4.18. The minimum absolute atomic E-state index is 0.0973. The number of nitrogens with zero attached hydrogens (tertiary/aromatic N) is 1. The van der Waals surface area contributed by atoms with E-state index < -0.39 is 6.04 Å². The molecule has 0 heterocycles. The fourth-order valence-electron chi connectivity index (χ4n) is 4.18. The van der Waals surface area contributed by atoms with Crippen molar-refractivity contribution in [2.75, 3.05) is 6.61 Å². The lowest BCUT2D eigenvalue weighted by Gasteiger charge is -2.30. The molecule has 5 heteroatoms. The predicted molar refractivity (Wildman–Crippen MR) is 128 cm³/mol. The van der Waals surface area contributed by atoms with Gasteiger partial charge < -0.3 is 15.0 Å². The number of hydrogen-bond donors (Lipinski definition) is 1. The lowest BCUT2D eigenvalue weighted by atomic mass is 10.0. The van der Waals surface area contributed by atoms with Crippen LogP contribution >= 0.6 is 0 Å². The van der Waals surface area contributed by atoms with Crippen molar-refractivity contribution in [3.8, 4) is 5.75 Å². The van der Waals surface area contributed by atoms with Gasteiger partial charge in [-0.2, -0.15) is 0 Å². The van der Waals surface area contributed by atoms with Crippen LogP contribution in [0, 0.1) is 6.92 Å². The van der Waals surface area contributed by atoms with Gasteiger partial charge in [-0.25, -0.2) is 0 Å². The zero-order valence-electron chi connectivity index (χ0n) is 19.8. The van der Waals surface area contributed by atoms with Crippen molar-refractivity contribution in [2.45, 2.75) is 77.9 Å². The molecule has 0 aromatic heterocycles. The van der Waals surface area contributed by atoms with Crippen LogP contribution in [-0.2, 0) is 16.1 Å². The molecular weight excluding hydrogens is 400 g/mol. The average Bonchev–Trinajstić information content (AvgIpc) is 3.29. The van der Waals surface area contributed by atoms with Crippen LogP contribution in [0.1, 0.15) is 69.1 Å². The molecule has 1 atom stereocenters. The lowest BCUT2D eigenvalue weighted by Crippen LogP contribution is -2.50. The highest BCUT2D eigenvalue weighted by molar-refractivity contribution is 5.88. The van der Waals surface area contributed by atoms with Crippen molar-refractivity contribution in [2.24, 2.45) is 0 Å². The molecule has 1 aliphatic carbocycles. The van der Waals surface area contributed by atoms with Gasteiger partial charge in [0.05, 0.1) is 0 Å². The number of nitrogens with one attached hydrogen (secondary N) is 1. The first-order valence-corrected chi connectivity index (χ1v) is 11.7. The molecule has 32 heavy (non-hydrogen) atoms. The Kier molecular flexibility index (Phi) is 8.32. The normalized spacial score (nSPS) is 14.9. The Morgan fingerprint density at radius 1 is 1.03 bits per heavy atom. The molecule has 1 saturated carbocycles. The minimum atomic E-state index is -0.576. The van der Waals surface area contributed by atoms with Crippen LogP contribution in [0.3, 0.4) is 0 Å². The largest absolute Gasteiger partial charge is 0.483 e. The second-order valence-corrected chi connectivity index (χ2v) is 9.15. The van der Waals surface area contributed by atoms with Gasteiger partial charge in [-0.15, -0.1) is 0 Å². The van der Waals surface area contributed by atoms with Crippen LogP contribution in [0.5, 0.6) is 5.75 Å². The van der Waals surface area contributed by atoms with Crippen LogP contribution in [0.2, 0.25) is 0 Å². The van der Waals surface area contributed by atoms with Gasteiger partial charge in [0.15, 0.2) is 6.61 Å². The van der Waals surface area contributed by atoms with Gasteiger partial charge in [-0.3, -0.25) is 9.59 Å². The van der Waals surface area contributed by atoms with E-state index in [1.807, 2.05) is 55.5 Å². The van der Waals surface area contributed by atoms with E-state index in [0.29, 0.717) is 18.2 Å². The van der Waals surface area contributed by atoms with E-state index >= 15 is 0 Å². The standard InChI is InChI=1S/C27H36N2O3/c1-19(2)24-11-7-8-12-25(24)32-18-26(30)29(17-22-15-13-20(3)14-16-22)21(4)27(31)28-23-9-5-6-10-23/h7-8,11-16,19,21,23H,5-6,9-10,17-18H2,1-4H3,(H,28,31). The maximum Gasteiger partial charge on any atom is 0.261 e. The van der Waals surface area contributed by atoms with Crippen LogP contribution in [0.4, 0.5) is 0 Å². The van der Waals surface area contributed by atoms with Gasteiger partial charge in [0.2, 0.25) is 5.91 Å². The van der Waals surface area contributed by atoms with Gasteiger partial charge in [-0.05, 0) is 49.8 Å². The first-order valence-electron chi connectivity index (χ1n) is 11.7. The molecule has 1 N–H and O–H groups in total. The topological polar surface area (TPSA) is 58.6 Å². The average molecular weight is 437 g/mol. The summed E-state index contributed by atoms with van der Waals surface area (Å²) in [5, 5.41) is 3.13. The van der Waals surface area contributed by atoms with Crippen LogP contribution in [0.15, 0.2) is 48.5 Å². The smallest absolute Gasteiger partial charge is 0.261 e. The SMILES string of the molecule is Cc1ccc(CN(C(=O)COc2ccccc2C(C)C)C(C)C(=O)NC2CCCC2)cc1. The van der Waals surface area contributed by atoms with Gasteiger partial charge in [-0.1, -0.05) is 74.7 Å². The molecule has 2 amide bonds. The number of amides is 2. The lowest BCUT2D eigenvalue weighted by molar-refractivity contribution is -0.142. The number of hydrogen-bond acceptors (Lipinski definition) is 3. The summed E-state index contributed by atoms with van der Waals surface area (Å²) < 4.78 is 5.94. The zero-order valence-corrected chi connectivity index (χ0v) is 19.8. The highest BCUT2D eigenvalue weighted by Gasteiger charge is 2.29. The molecule has 0 bridgehead atoms. The molecule has 1 unspecified atom stereocenters. The van der Waals surface area contributed by atoms with Crippen LogP contribution in [0.25, 0.3) is 0 Å². The summed E-state index contributed by atoms with van der Waals surface area (Å²) in [5.41, 5.74) is 3.22. The number of ether oxygens (including phenoxy) is 1. The Morgan fingerprint density at radius 3 is 2.34 bits per heavy atom. The summed E-state index contributed by atoms with van der Waals surface area (Å²) in [5.74, 6) is 0.716. The van der Waals surface area contributed by atoms with E-state index in [1.165, 1.54) is 0 Å². The Labute approximate surface area is 192 Å². The number of carbonyl (C=O) groups is 2. The van der Waals surface area contributed by atoms with Crippen molar-refractivity contribution in [1.82, 2.24) is 10.2 Å². The number of para-hydroxylation sites is 1. The Morgan fingerprint density at radius 2 is 1.69 bits per heavy atom. The van der Waals surface area contributed by atoms with E-state index in [-0.39, 0.29) is 24.5 Å². The molecule has 0 spiro atoms. The Balaban J connectivity index is 1.73. The molecule has 2 aromatic carbocycles. The van der Waals surface area contributed by atoms with Crippen LogP contribution < -0.4 is 10.1 Å². The molecular formula is C27H36N2O3. The first-order chi connectivity index (χ1) is 15.3. The summed E-state index contributed by atoms with van der Waals surface area (Å²) in [6.07, 6.45) is 4.32. The van der Waals surface area contributed by atoms with E-state index in [2.05, 4.69) is 19.2 Å². The molecule has 1 fully saturated rings. The Hall–Kier alpha value is -2.82. The van der Waals surface area contributed by atoms with Crippen molar-refractivity contribution in [3.63, 3.8) is 0 Å². The Bertz CT molecular complexity index is 901. The summed E-state index contributed by atoms with van der Waals surface area (Å²) >= 11 is 0. The number of aryl methyl sites for hydroxylation is 1. The third-order valence-electron chi connectivity index (χ3n) is 6.23. The second kappa shape index (κ2) is 11.2. The monoisotopic (exact) mass is 436 g/mol. The van der Waals surface area contributed by atoms with Crippen LogP contribution in [-0.4, -0.2) is 35.4 Å². The van der Waals surface area contributed by atoms with Crippen molar-refractivity contribution >= 4 is 11.8 Å². The van der Waals surface area contributed by atoms with E-state index in [0.717, 1.165) is 42.4 Å².